The van der Waals surface area contributed by atoms with Crippen LogP contribution < -0.4 is 10.5 Å². The molecule has 5 rings (SSSR count). The zero-order valence-electron chi connectivity index (χ0n) is 18.5. The van der Waals surface area contributed by atoms with E-state index >= 15 is 0 Å². The van der Waals surface area contributed by atoms with Crippen LogP contribution in [0, 0.1) is 6.92 Å². The third kappa shape index (κ3) is 4.06. The van der Waals surface area contributed by atoms with Crippen LogP contribution in [0.5, 0.6) is 0 Å². The highest BCUT2D eigenvalue weighted by Crippen LogP contribution is 2.23. The highest BCUT2D eigenvalue weighted by atomic mass is 35.5. The van der Waals surface area contributed by atoms with Gasteiger partial charge in [-0.05, 0) is 31.2 Å². The molecule has 0 radical (unpaired) electrons. The molecule has 34 heavy (non-hydrogen) atoms. The molecule has 1 aliphatic rings. The molecular formula is C24H22ClN7O2. The first-order chi connectivity index (χ1) is 16.5. The van der Waals surface area contributed by atoms with Gasteiger partial charge < -0.3 is 9.80 Å². The Hall–Kier alpha value is -3.98. The Labute approximate surface area is 200 Å². The lowest BCUT2D eigenvalue weighted by Gasteiger charge is -2.35. The first-order valence-electron chi connectivity index (χ1n) is 10.9. The van der Waals surface area contributed by atoms with Crippen LogP contribution in [-0.4, -0.2) is 61.8 Å². The maximum absolute atomic E-state index is 13.1. The summed E-state index contributed by atoms with van der Waals surface area (Å²) in [5.74, 6) is -0.164. The van der Waals surface area contributed by atoms with Crippen LogP contribution in [0.4, 0.5) is 5.69 Å². The molecule has 1 aliphatic heterocycles. The Morgan fingerprint density at radius 1 is 0.882 bits per heavy atom. The van der Waals surface area contributed by atoms with Crippen molar-refractivity contribution in [2.24, 2.45) is 0 Å². The number of halogens is 1. The van der Waals surface area contributed by atoms with E-state index in [4.69, 9.17) is 11.6 Å². The van der Waals surface area contributed by atoms with E-state index in [9.17, 15) is 9.59 Å². The predicted octanol–water partition coefficient (Wildman–Crippen LogP) is 2.74. The number of aromatic nitrogens is 5. The molecule has 2 aromatic heterocycles. The maximum atomic E-state index is 13.1. The molecule has 0 N–H and O–H groups in total. The molecule has 0 saturated carbocycles. The zero-order valence-corrected chi connectivity index (χ0v) is 19.3. The van der Waals surface area contributed by atoms with Gasteiger partial charge in [0.05, 0.1) is 29.0 Å². The number of aryl methyl sites for hydroxylation is 1. The van der Waals surface area contributed by atoms with E-state index < -0.39 is 0 Å². The molecule has 1 fully saturated rings. The maximum Gasteiger partial charge on any atom is 0.292 e. The van der Waals surface area contributed by atoms with Crippen molar-refractivity contribution in [2.45, 2.75) is 6.92 Å². The Morgan fingerprint density at radius 3 is 2.15 bits per heavy atom. The summed E-state index contributed by atoms with van der Waals surface area (Å²) in [4.78, 5) is 31.1. The number of anilines is 1. The number of para-hydroxylation sites is 2. The van der Waals surface area contributed by atoms with Gasteiger partial charge in [0.15, 0.2) is 5.69 Å². The molecule has 9 nitrogen and oxygen atoms in total. The van der Waals surface area contributed by atoms with Gasteiger partial charge in [0.25, 0.3) is 11.5 Å². The molecule has 0 spiro atoms. The number of benzene rings is 2. The van der Waals surface area contributed by atoms with Crippen LogP contribution in [0.15, 0.2) is 71.7 Å². The van der Waals surface area contributed by atoms with Crippen LogP contribution >= 0.6 is 11.6 Å². The summed E-state index contributed by atoms with van der Waals surface area (Å²) in [6.45, 7) is 3.76. The third-order valence-corrected chi connectivity index (χ3v) is 6.14. The Morgan fingerprint density at radius 2 is 1.50 bits per heavy atom. The molecule has 1 amide bonds. The van der Waals surface area contributed by atoms with Gasteiger partial charge in [-0.1, -0.05) is 48.0 Å². The monoisotopic (exact) mass is 475 g/mol. The second-order valence-electron chi connectivity index (χ2n) is 7.93. The van der Waals surface area contributed by atoms with E-state index in [1.54, 1.807) is 30.2 Å². The summed E-state index contributed by atoms with van der Waals surface area (Å²) in [6, 6.07) is 18.6. The molecule has 0 atom stereocenters. The minimum absolute atomic E-state index is 0.111. The normalized spacial score (nSPS) is 13.8. The summed E-state index contributed by atoms with van der Waals surface area (Å²) in [7, 11) is 0. The zero-order chi connectivity index (χ0) is 23.7. The number of rotatable bonds is 4. The number of hydrogen-bond donors (Lipinski definition) is 0. The molecule has 10 heteroatoms. The van der Waals surface area contributed by atoms with E-state index in [-0.39, 0.29) is 16.5 Å². The van der Waals surface area contributed by atoms with Crippen molar-refractivity contribution in [2.75, 3.05) is 31.1 Å². The van der Waals surface area contributed by atoms with E-state index in [1.165, 1.54) is 9.48 Å². The minimum Gasteiger partial charge on any atom is -0.365 e. The molecule has 0 bridgehead atoms. The van der Waals surface area contributed by atoms with Crippen LogP contribution in [0.1, 0.15) is 16.2 Å². The number of carbonyl (C=O) groups excluding carboxylic acids is 1. The minimum atomic E-state index is -0.378. The van der Waals surface area contributed by atoms with E-state index in [1.807, 2.05) is 53.4 Å². The van der Waals surface area contributed by atoms with Gasteiger partial charge in [0.1, 0.15) is 5.02 Å². The molecule has 2 aromatic carbocycles. The molecule has 1 saturated heterocycles. The average Bonchev–Trinajstić information content (AvgIpc) is 3.28. The summed E-state index contributed by atoms with van der Waals surface area (Å²) in [6.07, 6.45) is 1.60. The van der Waals surface area contributed by atoms with E-state index in [0.29, 0.717) is 48.9 Å². The van der Waals surface area contributed by atoms with Crippen molar-refractivity contribution in [1.82, 2.24) is 29.7 Å². The second-order valence-corrected chi connectivity index (χ2v) is 8.31. The second kappa shape index (κ2) is 9.11. The molecule has 0 unspecified atom stereocenters. The highest BCUT2D eigenvalue weighted by molar-refractivity contribution is 6.33. The molecular weight excluding hydrogens is 454 g/mol. The lowest BCUT2D eigenvalue weighted by Crippen LogP contribution is -2.49. The quantitative estimate of drug-likeness (QED) is 0.451. The number of piperazine rings is 1. The SMILES string of the molecule is Cc1nn(-c2ccccc2)nc1C(=O)N1CCN(c2cnn(-c3ccccc3)c(=O)c2Cl)CC1. The lowest BCUT2D eigenvalue weighted by atomic mass is 10.2. The molecule has 4 aromatic rings. The number of amides is 1. The van der Waals surface area contributed by atoms with Crippen molar-refractivity contribution in [1.29, 1.82) is 0 Å². The topological polar surface area (TPSA) is 89.2 Å². The lowest BCUT2D eigenvalue weighted by molar-refractivity contribution is 0.0739. The van der Waals surface area contributed by atoms with Crippen molar-refractivity contribution in [3.8, 4) is 11.4 Å². The number of carbonyl (C=O) groups is 1. The van der Waals surface area contributed by atoms with E-state index in [0.717, 1.165) is 5.69 Å². The van der Waals surface area contributed by atoms with Gasteiger partial charge in [0.2, 0.25) is 0 Å². The highest BCUT2D eigenvalue weighted by Gasteiger charge is 2.27. The molecule has 3 heterocycles. The van der Waals surface area contributed by atoms with Gasteiger partial charge in [-0.3, -0.25) is 9.59 Å². The van der Waals surface area contributed by atoms with Crippen molar-refractivity contribution in [3.05, 3.63) is 93.6 Å². The fourth-order valence-corrected chi connectivity index (χ4v) is 4.20. The first kappa shape index (κ1) is 21.8. The van der Waals surface area contributed by atoms with Crippen LogP contribution in [-0.2, 0) is 0 Å². The van der Waals surface area contributed by atoms with Gasteiger partial charge in [0, 0.05) is 26.2 Å². The van der Waals surface area contributed by atoms with E-state index in [2.05, 4.69) is 15.3 Å². The molecule has 172 valence electrons. The summed E-state index contributed by atoms with van der Waals surface area (Å²) in [5, 5.41) is 13.2. The predicted molar refractivity (Wildman–Crippen MR) is 129 cm³/mol. The van der Waals surface area contributed by atoms with Crippen molar-refractivity contribution >= 4 is 23.2 Å². The first-order valence-corrected chi connectivity index (χ1v) is 11.3. The largest absolute Gasteiger partial charge is 0.365 e. The third-order valence-electron chi connectivity index (χ3n) is 5.78. The Kier molecular flexibility index (Phi) is 5.85. The van der Waals surface area contributed by atoms with Gasteiger partial charge in [-0.15, -0.1) is 5.10 Å². The number of nitrogens with zero attached hydrogens (tertiary/aromatic N) is 7. The Bertz CT molecular complexity index is 1380. The van der Waals surface area contributed by atoms with Crippen LogP contribution in [0.25, 0.3) is 11.4 Å². The van der Waals surface area contributed by atoms with Crippen LogP contribution in [0.2, 0.25) is 5.02 Å². The standard InChI is InChI=1S/C24H22ClN7O2/c1-17-22(28-32(27-17)19-10-6-3-7-11-19)24(34)30-14-12-29(13-15-30)20-16-26-31(23(33)21(20)25)18-8-4-2-5-9-18/h2-11,16H,12-15H2,1H3. The Balaban J connectivity index is 1.30. The summed E-state index contributed by atoms with van der Waals surface area (Å²) < 4.78 is 1.28. The van der Waals surface area contributed by atoms with Gasteiger partial charge in [-0.2, -0.15) is 19.7 Å². The summed E-state index contributed by atoms with van der Waals surface area (Å²) in [5.41, 5.74) is 2.54. The van der Waals surface area contributed by atoms with Gasteiger partial charge in [-0.25, -0.2) is 0 Å². The van der Waals surface area contributed by atoms with Crippen molar-refractivity contribution in [3.63, 3.8) is 0 Å². The summed E-state index contributed by atoms with van der Waals surface area (Å²) >= 11 is 6.44. The average molecular weight is 476 g/mol. The van der Waals surface area contributed by atoms with Crippen molar-refractivity contribution < 1.29 is 4.79 Å². The number of hydrogen-bond acceptors (Lipinski definition) is 6. The smallest absolute Gasteiger partial charge is 0.292 e. The fourth-order valence-electron chi connectivity index (χ4n) is 3.95. The van der Waals surface area contributed by atoms with Gasteiger partial charge >= 0.3 is 0 Å². The fraction of sp³-hybridized carbons (Fsp3) is 0.208. The molecule has 0 aliphatic carbocycles. The van der Waals surface area contributed by atoms with Crippen LogP contribution in [0.3, 0.4) is 0 Å².